The van der Waals surface area contributed by atoms with Crippen molar-refractivity contribution in [2.24, 2.45) is 0 Å². The zero-order chi connectivity index (χ0) is 20.6. The highest BCUT2D eigenvalue weighted by atomic mass is 32.2. The lowest BCUT2D eigenvalue weighted by Crippen LogP contribution is -2.19. The number of amides is 1. The van der Waals surface area contributed by atoms with Crippen LogP contribution in [0, 0.1) is 6.92 Å². The van der Waals surface area contributed by atoms with Gasteiger partial charge in [0, 0.05) is 16.0 Å². The summed E-state index contributed by atoms with van der Waals surface area (Å²) in [6.07, 6.45) is 3.45. The lowest BCUT2D eigenvalue weighted by atomic mass is 10.0. The van der Waals surface area contributed by atoms with E-state index in [-0.39, 0.29) is 10.8 Å². The number of thiazole rings is 1. The molecule has 0 atom stereocenters. The van der Waals surface area contributed by atoms with E-state index in [4.69, 9.17) is 0 Å². The number of carbonyl (C=O) groups excluding carboxylic acids is 1. The van der Waals surface area contributed by atoms with E-state index < -0.39 is 10.0 Å². The number of hydrogen-bond donors (Lipinski definition) is 2. The van der Waals surface area contributed by atoms with E-state index >= 15 is 0 Å². The van der Waals surface area contributed by atoms with Gasteiger partial charge in [0.15, 0.2) is 5.13 Å². The Kier molecular flexibility index (Phi) is 5.24. The van der Waals surface area contributed by atoms with Crippen LogP contribution in [-0.4, -0.2) is 26.4 Å². The fourth-order valence-electron chi connectivity index (χ4n) is 3.51. The van der Waals surface area contributed by atoms with Crippen LogP contribution in [0.3, 0.4) is 0 Å². The maximum atomic E-state index is 12.5. The van der Waals surface area contributed by atoms with Crippen LogP contribution in [0.2, 0.25) is 0 Å². The van der Waals surface area contributed by atoms with Crippen LogP contribution in [-0.2, 0) is 22.9 Å². The Labute approximate surface area is 174 Å². The molecule has 29 heavy (non-hydrogen) atoms. The molecule has 8 heteroatoms. The fraction of sp³-hybridized carbons (Fsp3) is 0.238. The Balaban J connectivity index is 1.53. The van der Waals surface area contributed by atoms with Crippen LogP contribution < -0.4 is 10.0 Å². The summed E-state index contributed by atoms with van der Waals surface area (Å²) in [5.74, 6) is -0.326. The Hall–Kier alpha value is -2.55. The van der Waals surface area contributed by atoms with Crippen molar-refractivity contribution < 1.29 is 13.2 Å². The number of fused-ring (bicyclic) bond motifs is 1. The van der Waals surface area contributed by atoms with Crippen LogP contribution >= 0.6 is 11.3 Å². The third kappa shape index (κ3) is 3.96. The topological polar surface area (TPSA) is 88.2 Å². The maximum absolute atomic E-state index is 12.5. The minimum atomic E-state index is -3.53. The van der Waals surface area contributed by atoms with E-state index in [0.29, 0.717) is 10.7 Å². The van der Waals surface area contributed by atoms with Crippen molar-refractivity contribution in [3.8, 4) is 11.3 Å². The van der Waals surface area contributed by atoms with Gasteiger partial charge in [-0.3, -0.25) is 10.1 Å². The number of anilines is 1. The fourth-order valence-corrected chi connectivity index (χ4v) is 5.07. The van der Waals surface area contributed by atoms with Crippen molar-refractivity contribution >= 4 is 32.4 Å². The van der Waals surface area contributed by atoms with Gasteiger partial charge in [-0.1, -0.05) is 12.1 Å². The van der Waals surface area contributed by atoms with Gasteiger partial charge in [0.05, 0.1) is 10.6 Å². The van der Waals surface area contributed by atoms with Crippen molar-refractivity contribution in [1.29, 1.82) is 0 Å². The first-order valence-electron chi connectivity index (χ1n) is 9.32. The highest BCUT2D eigenvalue weighted by Crippen LogP contribution is 2.33. The van der Waals surface area contributed by atoms with Crippen LogP contribution in [0.4, 0.5) is 5.13 Å². The largest absolute Gasteiger partial charge is 0.298 e. The minimum absolute atomic E-state index is 0.112. The molecule has 1 heterocycles. The summed E-state index contributed by atoms with van der Waals surface area (Å²) in [6.45, 7) is 1.99. The molecule has 1 aliphatic carbocycles. The van der Waals surface area contributed by atoms with Crippen molar-refractivity contribution in [1.82, 2.24) is 9.71 Å². The molecular weight excluding hydrogens is 406 g/mol. The minimum Gasteiger partial charge on any atom is -0.298 e. The molecule has 0 fully saturated rings. The third-order valence-corrected chi connectivity index (χ3v) is 7.40. The summed E-state index contributed by atoms with van der Waals surface area (Å²) in [4.78, 5) is 18.3. The molecule has 1 aromatic heterocycles. The summed E-state index contributed by atoms with van der Waals surface area (Å²) < 4.78 is 25.8. The Morgan fingerprint density at radius 3 is 2.52 bits per heavy atom. The predicted octanol–water partition coefficient (Wildman–Crippen LogP) is 3.77. The van der Waals surface area contributed by atoms with E-state index in [1.807, 2.05) is 6.92 Å². The summed E-state index contributed by atoms with van der Waals surface area (Å²) in [5, 5.41) is 3.34. The molecule has 3 aromatic rings. The number of benzene rings is 2. The SMILES string of the molecule is CNS(=O)(=O)c1ccc(C(=O)Nc2nc(-c3ccc4c(c3)CCC4)c(C)s2)cc1. The van der Waals surface area contributed by atoms with Gasteiger partial charge in [-0.15, -0.1) is 11.3 Å². The van der Waals surface area contributed by atoms with Gasteiger partial charge in [-0.2, -0.15) is 0 Å². The smallest absolute Gasteiger partial charge is 0.257 e. The number of rotatable bonds is 5. The Bertz CT molecular complexity index is 1180. The molecule has 0 bridgehead atoms. The molecule has 0 saturated carbocycles. The quantitative estimate of drug-likeness (QED) is 0.649. The van der Waals surface area contributed by atoms with Gasteiger partial charge in [0.2, 0.25) is 10.0 Å². The zero-order valence-corrected chi connectivity index (χ0v) is 17.8. The van der Waals surface area contributed by atoms with Gasteiger partial charge in [-0.05, 0) is 74.7 Å². The van der Waals surface area contributed by atoms with Crippen LogP contribution in [0.15, 0.2) is 47.4 Å². The molecule has 2 N–H and O–H groups in total. The summed E-state index contributed by atoms with van der Waals surface area (Å²) in [6, 6.07) is 12.3. The molecule has 0 unspecified atom stereocenters. The molecule has 0 aliphatic heterocycles. The first-order valence-corrected chi connectivity index (χ1v) is 11.6. The van der Waals surface area contributed by atoms with Crippen molar-refractivity contribution in [3.05, 3.63) is 64.0 Å². The summed E-state index contributed by atoms with van der Waals surface area (Å²) in [7, 11) is -2.18. The molecule has 4 rings (SSSR count). The number of carbonyl (C=O) groups is 1. The second kappa shape index (κ2) is 7.70. The van der Waals surface area contributed by atoms with Crippen molar-refractivity contribution in [3.63, 3.8) is 0 Å². The molecule has 1 amide bonds. The van der Waals surface area contributed by atoms with Gasteiger partial charge < -0.3 is 0 Å². The van der Waals surface area contributed by atoms with Crippen molar-refractivity contribution in [2.75, 3.05) is 12.4 Å². The highest BCUT2D eigenvalue weighted by Gasteiger charge is 2.17. The number of aromatic nitrogens is 1. The lowest BCUT2D eigenvalue weighted by Gasteiger charge is -2.05. The van der Waals surface area contributed by atoms with Gasteiger partial charge in [0.1, 0.15) is 0 Å². The predicted molar refractivity (Wildman–Crippen MR) is 115 cm³/mol. The average molecular weight is 428 g/mol. The molecule has 0 radical (unpaired) electrons. The molecule has 2 aromatic carbocycles. The van der Waals surface area contributed by atoms with Crippen LogP contribution in [0.1, 0.15) is 32.8 Å². The van der Waals surface area contributed by atoms with Crippen LogP contribution in [0.25, 0.3) is 11.3 Å². The van der Waals surface area contributed by atoms with Crippen LogP contribution in [0.5, 0.6) is 0 Å². The molecule has 0 saturated heterocycles. The Morgan fingerprint density at radius 1 is 1.07 bits per heavy atom. The zero-order valence-electron chi connectivity index (χ0n) is 16.2. The van der Waals surface area contributed by atoms with Crippen molar-refractivity contribution in [2.45, 2.75) is 31.1 Å². The number of aryl methyl sites for hydroxylation is 3. The molecular formula is C21H21N3O3S2. The van der Waals surface area contributed by atoms with E-state index in [1.54, 1.807) is 0 Å². The third-order valence-electron chi connectivity index (χ3n) is 5.08. The highest BCUT2D eigenvalue weighted by molar-refractivity contribution is 7.89. The van der Waals surface area contributed by atoms with E-state index in [1.165, 1.54) is 60.2 Å². The number of hydrogen-bond acceptors (Lipinski definition) is 5. The standard InChI is InChI=1S/C21H21N3O3S2/c1-13-19(17-7-6-14-4-3-5-16(14)12-17)23-21(28-13)24-20(25)15-8-10-18(11-9-15)29(26,27)22-2/h6-12,22H,3-5H2,1-2H3,(H,23,24,25). The monoisotopic (exact) mass is 427 g/mol. The second-order valence-electron chi connectivity index (χ2n) is 6.95. The number of nitrogens with zero attached hydrogens (tertiary/aromatic N) is 1. The molecule has 6 nitrogen and oxygen atoms in total. The molecule has 150 valence electrons. The summed E-state index contributed by atoms with van der Waals surface area (Å²) in [5.41, 5.74) is 5.12. The first kappa shape index (κ1) is 19.8. The Morgan fingerprint density at radius 2 is 1.79 bits per heavy atom. The van der Waals surface area contributed by atoms with Gasteiger partial charge >= 0.3 is 0 Å². The average Bonchev–Trinajstić information content (AvgIpc) is 3.33. The van der Waals surface area contributed by atoms with E-state index in [0.717, 1.165) is 29.0 Å². The number of nitrogens with one attached hydrogen (secondary N) is 2. The van der Waals surface area contributed by atoms with Gasteiger partial charge in [0.25, 0.3) is 5.91 Å². The molecule has 0 spiro atoms. The molecule has 1 aliphatic rings. The van der Waals surface area contributed by atoms with Gasteiger partial charge in [-0.25, -0.2) is 18.1 Å². The second-order valence-corrected chi connectivity index (χ2v) is 10.0. The maximum Gasteiger partial charge on any atom is 0.257 e. The van der Waals surface area contributed by atoms with E-state index in [9.17, 15) is 13.2 Å². The normalized spacial score (nSPS) is 13.3. The number of sulfonamides is 1. The first-order chi connectivity index (χ1) is 13.9. The summed E-state index contributed by atoms with van der Waals surface area (Å²) >= 11 is 1.43. The van der Waals surface area contributed by atoms with E-state index in [2.05, 4.69) is 33.2 Å². The lowest BCUT2D eigenvalue weighted by molar-refractivity contribution is 0.102.